The van der Waals surface area contributed by atoms with Gasteiger partial charge in [0.1, 0.15) is 5.69 Å². The molecule has 1 aliphatic rings. The Labute approximate surface area is 164 Å². The molecule has 4 nitrogen and oxygen atoms in total. The predicted molar refractivity (Wildman–Crippen MR) is 109 cm³/mol. The minimum Gasteiger partial charge on any atom is -0.328 e. The summed E-state index contributed by atoms with van der Waals surface area (Å²) in [6.45, 7) is 0. The maximum Gasteiger partial charge on any atom is 0.100 e. The summed E-state index contributed by atoms with van der Waals surface area (Å²) >= 11 is 6.20. The summed E-state index contributed by atoms with van der Waals surface area (Å²) < 4.78 is 0. The Kier molecular flexibility index (Phi) is 5.97. The molecule has 0 aliphatic heterocycles. The van der Waals surface area contributed by atoms with Gasteiger partial charge in [-0.05, 0) is 55.5 Å². The highest BCUT2D eigenvalue weighted by molar-refractivity contribution is 6.30. The summed E-state index contributed by atoms with van der Waals surface area (Å²) in [5.41, 5.74) is 11.5. The van der Waals surface area contributed by atoms with Gasteiger partial charge in [-0.1, -0.05) is 23.7 Å². The first-order valence-corrected chi connectivity index (χ1v) is 9.10. The molecule has 2 heterocycles. The molecule has 6 heteroatoms. The molecule has 4 rings (SSSR count). The normalized spacial score (nSPS) is 19.8. The Balaban J connectivity index is 0.00000196. The number of nitrogens with one attached hydrogen (secondary N) is 1. The number of nitrogens with zero attached hydrogens (tertiary/aromatic N) is 2. The molecule has 0 bridgehead atoms. The van der Waals surface area contributed by atoms with Crippen molar-refractivity contribution in [1.82, 2.24) is 15.2 Å². The number of H-pyrrole nitrogens is 1. The fraction of sp³-hybridized carbons (Fsp3) is 0.300. The molecular formula is C20H22Cl2N4. The van der Waals surface area contributed by atoms with E-state index >= 15 is 0 Å². The number of aromatic amines is 1. The molecule has 0 unspecified atom stereocenters. The van der Waals surface area contributed by atoms with Crippen LogP contribution in [-0.2, 0) is 0 Å². The second kappa shape index (κ2) is 8.21. The van der Waals surface area contributed by atoms with Gasteiger partial charge >= 0.3 is 0 Å². The number of nitrogens with two attached hydrogens (primary N) is 1. The maximum atomic E-state index is 6.20. The second-order valence-corrected chi connectivity index (χ2v) is 7.16. The third-order valence-corrected chi connectivity index (χ3v) is 5.28. The van der Waals surface area contributed by atoms with E-state index in [2.05, 4.69) is 15.2 Å². The summed E-state index contributed by atoms with van der Waals surface area (Å²) in [4.78, 5) is 4.16. The predicted octanol–water partition coefficient (Wildman–Crippen LogP) is 5.20. The standard InChI is InChI=1S/C20H21ClN4.ClH/c21-16-3-1-2-15(12-16)20-18(13-8-10-23-11-9-13)19(24-25-20)14-4-6-17(22)7-5-14;/h1-3,8-12,14,17H,4-7,22H2,(H,24,25);1H/t14-,17+;. The van der Waals surface area contributed by atoms with Gasteiger partial charge in [0.25, 0.3) is 0 Å². The Morgan fingerprint density at radius 3 is 2.42 bits per heavy atom. The van der Waals surface area contributed by atoms with E-state index in [9.17, 15) is 0 Å². The van der Waals surface area contributed by atoms with Crippen LogP contribution in [0.15, 0.2) is 48.8 Å². The van der Waals surface area contributed by atoms with E-state index in [1.807, 2.05) is 48.8 Å². The van der Waals surface area contributed by atoms with Crippen molar-refractivity contribution in [1.29, 1.82) is 0 Å². The number of halogens is 2. The van der Waals surface area contributed by atoms with Crippen LogP contribution in [0.3, 0.4) is 0 Å². The quantitative estimate of drug-likeness (QED) is 0.647. The molecule has 1 fully saturated rings. The van der Waals surface area contributed by atoms with Gasteiger partial charge in [0, 0.05) is 46.2 Å². The summed E-state index contributed by atoms with van der Waals surface area (Å²) in [5.74, 6) is 0.461. The zero-order valence-electron chi connectivity index (χ0n) is 14.4. The first-order chi connectivity index (χ1) is 12.2. The van der Waals surface area contributed by atoms with Crippen molar-refractivity contribution in [3.05, 3.63) is 59.5 Å². The fourth-order valence-corrected chi connectivity index (χ4v) is 3.90. The van der Waals surface area contributed by atoms with Crippen LogP contribution in [0.2, 0.25) is 5.02 Å². The lowest BCUT2D eigenvalue weighted by Gasteiger charge is -2.26. The van der Waals surface area contributed by atoms with E-state index in [-0.39, 0.29) is 12.4 Å². The van der Waals surface area contributed by atoms with Gasteiger partial charge in [-0.2, -0.15) is 5.10 Å². The maximum absolute atomic E-state index is 6.20. The summed E-state index contributed by atoms with van der Waals surface area (Å²) in [5, 5.41) is 8.70. The van der Waals surface area contributed by atoms with E-state index in [1.54, 1.807) is 0 Å². The van der Waals surface area contributed by atoms with Gasteiger partial charge in [-0.25, -0.2) is 0 Å². The molecule has 0 spiro atoms. The van der Waals surface area contributed by atoms with Crippen molar-refractivity contribution < 1.29 is 0 Å². The van der Waals surface area contributed by atoms with Gasteiger partial charge < -0.3 is 5.73 Å². The number of pyridine rings is 1. The molecule has 1 aromatic carbocycles. The number of hydrogen-bond donors (Lipinski definition) is 2. The van der Waals surface area contributed by atoms with E-state index in [0.29, 0.717) is 17.0 Å². The van der Waals surface area contributed by atoms with Crippen LogP contribution >= 0.6 is 24.0 Å². The minimum atomic E-state index is 0. The Morgan fingerprint density at radius 2 is 1.73 bits per heavy atom. The number of rotatable bonds is 3. The monoisotopic (exact) mass is 388 g/mol. The number of hydrogen-bond acceptors (Lipinski definition) is 3. The van der Waals surface area contributed by atoms with Gasteiger partial charge in [-0.3, -0.25) is 10.1 Å². The van der Waals surface area contributed by atoms with Crippen LogP contribution in [-0.4, -0.2) is 21.2 Å². The molecular weight excluding hydrogens is 367 g/mol. The van der Waals surface area contributed by atoms with Gasteiger partial charge in [-0.15, -0.1) is 12.4 Å². The highest BCUT2D eigenvalue weighted by Gasteiger charge is 2.26. The molecule has 3 aromatic rings. The van der Waals surface area contributed by atoms with E-state index < -0.39 is 0 Å². The summed E-state index contributed by atoms with van der Waals surface area (Å²) in [6.07, 6.45) is 7.96. The average molecular weight is 389 g/mol. The Hall–Kier alpha value is -1.88. The van der Waals surface area contributed by atoms with Crippen molar-refractivity contribution in [3.63, 3.8) is 0 Å². The van der Waals surface area contributed by atoms with E-state index in [1.165, 1.54) is 5.69 Å². The number of benzene rings is 1. The van der Waals surface area contributed by atoms with E-state index in [0.717, 1.165) is 48.1 Å². The fourth-order valence-electron chi connectivity index (χ4n) is 3.71. The largest absolute Gasteiger partial charge is 0.328 e. The van der Waals surface area contributed by atoms with Crippen LogP contribution in [0.25, 0.3) is 22.4 Å². The molecule has 0 atom stereocenters. The Morgan fingerprint density at radius 1 is 1.00 bits per heavy atom. The smallest absolute Gasteiger partial charge is 0.100 e. The molecule has 0 saturated heterocycles. The topological polar surface area (TPSA) is 67.6 Å². The van der Waals surface area contributed by atoms with Crippen LogP contribution < -0.4 is 5.73 Å². The highest BCUT2D eigenvalue weighted by Crippen LogP contribution is 2.41. The zero-order chi connectivity index (χ0) is 17.2. The molecule has 3 N–H and O–H groups in total. The van der Waals surface area contributed by atoms with Gasteiger partial charge in [0.05, 0.1) is 0 Å². The van der Waals surface area contributed by atoms with E-state index in [4.69, 9.17) is 17.3 Å². The summed E-state index contributed by atoms with van der Waals surface area (Å²) in [6, 6.07) is 12.3. The molecule has 2 aromatic heterocycles. The van der Waals surface area contributed by atoms with Crippen LogP contribution in [0.4, 0.5) is 0 Å². The molecule has 136 valence electrons. The average Bonchev–Trinajstić information content (AvgIpc) is 3.08. The van der Waals surface area contributed by atoms with Crippen molar-refractivity contribution in [2.45, 2.75) is 37.6 Å². The van der Waals surface area contributed by atoms with Crippen molar-refractivity contribution in [2.75, 3.05) is 0 Å². The highest BCUT2D eigenvalue weighted by atomic mass is 35.5. The van der Waals surface area contributed by atoms with Gasteiger partial charge in [0.2, 0.25) is 0 Å². The summed E-state index contributed by atoms with van der Waals surface area (Å²) in [7, 11) is 0. The first-order valence-electron chi connectivity index (χ1n) is 8.72. The van der Waals surface area contributed by atoms with Crippen molar-refractivity contribution in [3.8, 4) is 22.4 Å². The molecule has 26 heavy (non-hydrogen) atoms. The lowest BCUT2D eigenvalue weighted by molar-refractivity contribution is 0.391. The Bertz CT molecular complexity index is 855. The van der Waals surface area contributed by atoms with Crippen LogP contribution in [0, 0.1) is 0 Å². The lowest BCUT2D eigenvalue weighted by atomic mass is 9.82. The van der Waals surface area contributed by atoms with Crippen molar-refractivity contribution in [2.24, 2.45) is 5.73 Å². The minimum absolute atomic E-state index is 0. The lowest BCUT2D eigenvalue weighted by Crippen LogP contribution is -2.26. The molecule has 1 saturated carbocycles. The molecule has 0 amide bonds. The first kappa shape index (κ1) is 18.9. The molecule has 0 radical (unpaired) electrons. The third kappa shape index (κ3) is 3.78. The van der Waals surface area contributed by atoms with Crippen molar-refractivity contribution >= 4 is 24.0 Å². The molecule has 1 aliphatic carbocycles. The van der Waals surface area contributed by atoms with Crippen LogP contribution in [0.1, 0.15) is 37.3 Å². The zero-order valence-corrected chi connectivity index (χ0v) is 15.9. The number of aromatic nitrogens is 3. The SMILES string of the molecule is Cl.N[C@H]1CC[C@@H](c2[nH]nc(-c3cccc(Cl)c3)c2-c2ccncc2)CC1. The van der Waals surface area contributed by atoms with Gasteiger partial charge in [0.15, 0.2) is 0 Å². The third-order valence-electron chi connectivity index (χ3n) is 5.04. The van der Waals surface area contributed by atoms with Crippen LogP contribution in [0.5, 0.6) is 0 Å². The second-order valence-electron chi connectivity index (χ2n) is 6.72.